The van der Waals surface area contributed by atoms with Crippen LogP contribution in [0.5, 0.6) is 0 Å². The maximum Gasteiger partial charge on any atom is 0.407 e. The molecule has 110 valence electrons. The zero-order valence-electron chi connectivity index (χ0n) is 12.4. The summed E-state index contributed by atoms with van der Waals surface area (Å²) in [6.45, 7) is 8.31. The minimum atomic E-state index is -0.329. The van der Waals surface area contributed by atoms with Gasteiger partial charge in [-0.1, -0.05) is 23.8 Å². The first-order chi connectivity index (χ1) is 9.65. The standard InChI is InChI=1S/C16H24N2O2/c1-13-5-6-15(14(2)11-13)12-20-16(19)17-7-10-18-8-3-4-9-18/h5-6,11H,3-4,7-10,12H2,1-2H3,(H,17,19). The maximum absolute atomic E-state index is 11.6. The van der Waals surface area contributed by atoms with E-state index in [2.05, 4.69) is 23.2 Å². The van der Waals surface area contributed by atoms with Crippen LogP contribution in [-0.4, -0.2) is 37.2 Å². The van der Waals surface area contributed by atoms with Gasteiger partial charge >= 0.3 is 6.09 Å². The minimum Gasteiger partial charge on any atom is -0.445 e. The average Bonchev–Trinajstić information content (AvgIpc) is 2.91. The molecule has 4 heteroatoms. The Labute approximate surface area is 121 Å². The number of ether oxygens (including phenoxy) is 1. The molecule has 1 saturated heterocycles. The quantitative estimate of drug-likeness (QED) is 0.899. The van der Waals surface area contributed by atoms with E-state index in [0.29, 0.717) is 13.2 Å². The number of carbonyl (C=O) groups is 1. The average molecular weight is 276 g/mol. The summed E-state index contributed by atoms with van der Waals surface area (Å²) in [5, 5.41) is 2.81. The van der Waals surface area contributed by atoms with Crippen LogP contribution in [0, 0.1) is 13.8 Å². The van der Waals surface area contributed by atoms with E-state index >= 15 is 0 Å². The SMILES string of the molecule is Cc1ccc(COC(=O)NCCN2CCCC2)c(C)c1. The van der Waals surface area contributed by atoms with Crippen molar-refractivity contribution < 1.29 is 9.53 Å². The maximum atomic E-state index is 11.6. The molecule has 0 bridgehead atoms. The van der Waals surface area contributed by atoms with Crippen LogP contribution in [0.4, 0.5) is 4.79 Å². The Balaban J connectivity index is 1.66. The lowest BCUT2D eigenvalue weighted by Gasteiger charge is -2.15. The fourth-order valence-electron chi connectivity index (χ4n) is 2.52. The third kappa shape index (κ3) is 4.53. The molecule has 1 heterocycles. The Morgan fingerprint density at radius 1 is 1.30 bits per heavy atom. The number of amides is 1. The van der Waals surface area contributed by atoms with Crippen molar-refractivity contribution in [2.75, 3.05) is 26.2 Å². The summed E-state index contributed by atoms with van der Waals surface area (Å²) < 4.78 is 5.24. The summed E-state index contributed by atoms with van der Waals surface area (Å²) >= 11 is 0. The Kier molecular flexibility index (Phi) is 5.41. The van der Waals surface area contributed by atoms with Crippen LogP contribution in [0.25, 0.3) is 0 Å². The smallest absolute Gasteiger partial charge is 0.407 e. The van der Waals surface area contributed by atoms with E-state index in [-0.39, 0.29) is 6.09 Å². The lowest BCUT2D eigenvalue weighted by atomic mass is 10.1. The number of alkyl carbamates (subject to hydrolysis) is 1. The minimum absolute atomic E-state index is 0.329. The zero-order valence-corrected chi connectivity index (χ0v) is 12.4. The molecule has 2 rings (SSSR count). The van der Waals surface area contributed by atoms with E-state index in [0.717, 1.165) is 30.8 Å². The van der Waals surface area contributed by atoms with Crippen molar-refractivity contribution >= 4 is 6.09 Å². The molecule has 1 N–H and O–H groups in total. The first kappa shape index (κ1) is 14.9. The van der Waals surface area contributed by atoms with Crippen molar-refractivity contribution in [2.24, 2.45) is 0 Å². The predicted molar refractivity (Wildman–Crippen MR) is 79.8 cm³/mol. The van der Waals surface area contributed by atoms with Crippen LogP contribution < -0.4 is 5.32 Å². The molecule has 0 aromatic heterocycles. The number of benzene rings is 1. The molecule has 1 aliphatic rings. The Morgan fingerprint density at radius 2 is 2.05 bits per heavy atom. The Hall–Kier alpha value is -1.55. The third-order valence-corrected chi connectivity index (χ3v) is 3.75. The van der Waals surface area contributed by atoms with E-state index in [1.165, 1.54) is 18.4 Å². The van der Waals surface area contributed by atoms with Gasteiger partial charge in [-0.15, -0.1) is 0 Å². The highest BCUT2D eigenvalue weighted by Gasteiger charge is 2.11. The highest BCUT2D eigenvalue weighted by atomic mass is 16.5. The van der Waals surface area contributed by atoms with Gasteiger partial charge in [0, 0.05) is 13.1 Å². The first-order valence-corrected chi connectivity index (χ1v) is 7.34. The summed E-state index contributed by atoms with van der Waals surface area (Å²) in [5.41, 5.74) is 3.45. The molecule has 1 aliphatic heterocycles. The van der Waals surface area contributed by atoms with Crippen molar-refractivity contribution in [1.82, 2.24) is 10.2 Å². The van der Waals surface area contributed by atoms with E-state index in [9.17, 15) is 4.79 Å². The van der Waals surface area contributed by atoms with Gasteiger partial charge in [-0.25, -0.2) is 4.79 Å². The van der Waals surface area contributed by atoms with Gasteiger partial charge in [-0.2, -0.15) is 0 Å². The molecule has 1 aromatic rings. The van der Waals surface area contributed by atoms with Gasteiger partial charge in [-0.3, -0.25) is 0 Å². The van der Waals surface area contributed by atoms with Gasteiger partial charge < -0.3 is 15.0 Å². The molecule has 0 unspecified atom stereocenters. The highest BCUT2D eigenvalue weighted by molar-refractivity contribution is 5.67. The Bertz CT molecular complexity index is 454. The fraction of sp³-hybridized carbons (Fsp3) is 0.562. The molecular weight excluding hydrogens is 252 g/mol. The van der Waals surface area contributed by atoms with Gasteiger partial charge in [0.2, 0.25) is 0 Å². The number of hydrogen-bond acceptors (Lipinski definition) is 3. The zero-order chi connectivity index (χ0) is 14.4. The normalized spacial score (nSPS) is 15.3. The molecule has 0 aliphatic carbocycles. The van der Waals surface area contributed by atoms with Crippen LogP contribution in [-0.2, 0) is 11.3 Å². The van der Waals surface area contributed by atoms with E-state index in [4.69, 9.17) is 4.74 Å². The largest absolute Gasteiger partial charge is 0.445 e. The van der Waals surface area contributed by atoms with Crippen LogP contribution >= 0.6 is 0 Å². The fourth-order valence-corrected chi connectivity index (χ4v) is 2.52. The highest BCUT2D eigenvalue weighted by Crippen LogP contribution is 2.11. The second-order valence-electron chi connectivity index (χ2n) is 5.48. The molecule has 1 aromatic carbocycles. The summed E-state index contributed by atoms with van der Waals surface area (Å²) in [7, 11) is 0. The third-order valence-electron chi connectivity index (χ3n) is 3.75. The molecular formula is C16H24N2O2. The molecule has 20 heavy (non-hydrogen) atoms. The van der Waals surface area contributed by atoms with Gasteiger partial charge in [-0.05, 0) is 50.9 Å². The van der Waals surface area contributed by atoms with Gasteiger partial charge in [0.25, 0.3) is 0 Å². The van der Waals surface area contributed by atoms with Crippen LogP contribution in [0.1, 0.15) is 29.5 Å². The molecule has 1 fully saturated rings. The van der Waals surface area contributed by atoms with Gasteiger partial charge in [0.05, 0.1) is 0 Å². The van der Waals surface area contributed by atoms with Gasteiger partial charge in [0.15, 0.2) is 0 Å². The number of aryl methyl sites for hydroxylation is 2. The molecule has 0 radical (unpaired) electrons. The number of rotatable bonds is 5. The topological polar surface area (TPSA) is 41.6 Å². The van der Waals surface area contributed by atoms with Gasteiger partial charge in [0.1, 0.15) is 6.61 Å². The van der Waals surface area contributed by atoms with Crippen molar-refractivity contribution in [3.63, 3.8) is 0 Å². The van der Waals surface area contributed by atoms with Crippen LogP contribution in [0.2, 0.25) is 0 Å². The monoisotopic (exact) mass is 276 g/mol. The number of carbonyl (C=O) groups excluding carboxylic acids is 1. The van der Waals surface area contributed by atoms with E-state index in [1.807, 2.05) is 19.1 Å². The molecule has 1 amide bonds. The number of hydrogen-bond donors (Lipinski definition) is 1. The second-order valence-corrected chi connectivity index (χ2v) is 5.48. The van der Waals surface area contributed by atoms with E-state index in [1.54, 1.807) is 0 Å². The summed E-state index contributed by atoms with van der Waals surface area (Å²) in [4.78, 5) is 14.0. The van der Waals surface area contributed by atoms with Crippen molar-refractivity contribution in [1.29, 1.82) is 0 Å². The molecule has 0 spiro atoms. The van der Waals surface area contributed by atoms with Crippen molar-refractivity contribution in [3.05, 3.63) is 34.9 Å². The van der Waals surface area contributed by atoms with E-state index < -0.39 is 0 Å². The number of likely N-dealkylation sites (tertiary alicyclic amines) is 1. The number of nitrogens with zero attached hydrogens (tertiary/aromatic N) is 1. The van der Waals surface area contributed by atoms with Crippen molar-refractivity contribution in [2.45, 2.75) is 33.3 Å². The predicted octanol–water partition coefficient (Wildman–Crippen LogP) is 2.63. The lowest BCUT2D eigenvalue weighted by Crippen LogP contribution is -2.33. The summed E-state index contributed by atoms with van der Waals surface area (Å²) in [6.07, 6.45) is 2.22. The molecule has 0 atom stereocenters. The van der Waals surface area contributed by atoms with Crippen LogP contribution in [0.3, 0.4) is 0 Å². The summed E-state index contributed by atoms with van der Waals surface area (Å²) in [6, 6.07) is 6.16. The Morgan fingerprint density at radius 3 is 2.75 bits per heavy atom. The summed E-state index contributed by atoms with van der Waals surface area (Å²) in [5.74, 6) is 0. The molecule has 4 nitrogen and oxygen atoms in total. The van der Waals surface area contributed by atoms with Crippen LogP contribution in [0.15, 0.2) is 18.2 Å². The number of nitrogens with one attached hydrogen (secondary N) is 1. The van der Waals surface area contributed by atoms with Crippen molar-refractivity contribution in [3.8, 4) is 0 Å². The first-order valence-electron chi connectivity index (χ1n) is 7.34. The second kappa shape index (κ2) is 7.29. The lowest BCUT2D eigenvalue weighted by molar-refractivity contribution is 0.138. The molecule has 0 saturated carbocycles.